The van der Waals surface area contributed by atoms with E-state index in [2.05, 4.69) is 17.2 Å². The van der Waals surface area contributed by atoms with E-state index < -0.39 is 6.04 Å². The maximum absolute atomic E-state index is 13.3. The van der Waals surface area contributed by atoms with E-state index in [1.807, 2.05) is 30.3 Å². The molecule has 0 saturated heterocycles. The van der Waals surface area contributed by atoms with Gasteiger partial charge in [0.05, 0.1) is 30.4 Å². The van der Waals surface area contributed by atoms with Gasteiger partial charge in [-0.15, -0.1) is 6.58 Å². The molecule has 1 atom stereocenters. The van der Waals surface area contributed by atoms with Crippen molar-refractivity contribution in [1.29, 1.82) is 0 Å². The predicted octanol–water partition coefficient (Wildman–Crippen LogP) is 2.88. The van der Waals surface area contributed by atoms with Gasteiger partial charge in [0.2, 0.25) is 5.91 Å². The predicted molar refractivity (Wildman–Crippen MR) is 128 cm³/mol. The summed E-state index contributed by atoms with van der Waals surface area (Å²) >= 11 is 6.14. The molecule has 0 unspecified atom stereocenters. The van der Waals surface area contributed by atoms with Crippen LogP contribution in [0.25, 0.3) is 0 Å². The first kappa shape index (κ1) is 23.4. The van der Waals surface area contributed by atoms with E-state index in [0.29, 0.717) is 35.0 Å². The molecule has 2 aliphatic rings. The Morgan fingerprint density at radius 2 is 2.00 bits per heavy atom. The molecule has 4 rings (SSSR count). The molecule has 2 N–H and O–H groups in total. The molecule has 34 heavy (non-hydrogen) atoms. The second kappa shape index (κ2) is 10.4. The highest BCUT2D eigenvalue weighted by molar-refractivity contribution is 6.30. The molecule has 0 radical (unpaired) electrons. The highest BCUT2D eigenvalue weighted by atomic mass is 35.5. The maximum Gasteiger partial charge on any atom is 0.322 e. The number of carbonyl (C=O) groups excluding carboxylic acids is 3. The van der Waals surface area contributed by atoms with Crippen molar-refractivity contribution in [1.82, 2.24) is 20.4 Å². The molecular weight excluding hydrogens is 456 g/mol. The molecule has 0 aromatic heterocycles. The number of benzene rings is 2. The average molecular weight is 481 g/mol. The Balaban J connectivity index is 1.43. The zero-order valence-corrected chi connectivity index (χ0v) is 19.3. The molecule has 4 amide bonds. The summed E-state index contributed by atoms with van der Waals surface area (Å²) in [5.41, 5.74) is 1.70. The number of carbonyl (C=O) groups is 3. The Labute approximate surface area is 202 Å². The number of amides is 4. The van der Waals surface area contributed by atoms with Crippen LogP contribution in [0.5, 0.6) is 5.75 Å². The summed E-state index contributed by atoms with van der Waals surface area (Å²) < 4.78 is 5.57. The molecule has 176 valence electrons. The molecule has 0 fully saturated rings. The lowest BCUT2D eigenvalue weighted by molar-refractivity contribution is -0.131. The van der Waals surface area contributed by atoms with Crippen LogP contribution in [0.3, 0.4) is 0 Å². The third-order valence-electron chi connectivity index (χ3n) is 5.56. The van der Waals surface area contributed by atoms with Gasteiger partial charge in [-0.2, -0.15) is 0 Å². The van der Waals surface area contributed by atoms with Crippen molar-refractivity contribution < 1.29 is 19.1 Å². The minimum atomic E-state index is -0.651. The van der Waals surface area contributed by atoms with Crippen molar-refractivity contribution >= 4 is 29.4 Å². The van der Waals surface area contributed by atoms with Gasteiger partial charge in [-0.3, -0.25) is 14.5 Å². The number of hydrogen-bond donors (Lipinski definition) is 2. The van der Waals surface area contributed by atoms with E-state index in [1.165, 1.54) is 9.80 Å². The quantitative estimate of drug-likeness (QED) is 0.426. The second-order valence-corrected chi connectivity index (χ2v) is 8.31. The first-order valence-corrected chi connectivity index (χ1v) is 11.3. The molecule has 0 spiro atoms. The van der Waals surface area contributed by atoms with Gasteiger partial charge in [0.25, 0.3) is 5.91 Å². The van der Waals surface area contributed by atoms with Crippen molar-refractivity contribution in [2.24, 2.45) is 0 Å². The van der Waals surface area contributed by atoms with E-state index in [1.54, 1.807) is 30.3 Å². The van der Waals surface area contributed by atoms with E-state index in [-0.39, 0.29) is 37.5 Å². The largest absolute Gasteiger partial charge is 0.492 e. The number of ether oxygens (including phenoxy) is 1. The van der Waals surface area contributed by atoms with Crippen LogP contribution in [0.15, 0.2) is 78.5 Å². The zero-order chi connectivity index (χ0) is 24.1. The van der Waals surface area contributed by atoms with Crippen molar-refractivity contribution in [2.45, 2.75) is 6.04 Å². The first-order chi connectivity index (χ1) is 16.5. The molecule has 2 aliphatic heterocycles. The van der Waals surface area contributed by atoms with Crippen LogP contribution in [-0.2, 0) is 9.59 Å². The number of rotatable bonds is 9. The second-order valence-electron chi connectivity index (χ2n) is 7.87. The Bertz CT molecular complexity index is 1130. The van der Waals surface area contributed by atoms with Gasteiger partial charge in [-0.25, -0.2) is 4.79 Å². The van der Waals surface area contributed by atoms with Crippen LogP contribution < -0.4 is 15.4 Å². The van der Waals surface area contributed by atoms with E-state index in [4.69, 9.17) is 16.3 Å². The van der Waals surface area contributed by atoms with Crippen molar-refractivity contribution in [2.75, 3.05) is 32.8 Å². The number of hydrogen-bond acceptors (Lipinski definition) is 4. The highest BCUT2D eigenvalue weighted by Gasteiger charge is 2.44. The van der Waals surface area contributed by atoms with Crippen molar-refractivity contribution in [3.05, 3.63) is 89.1 Å². The van der Waals surface area contributed by atoms with Gasteiger partial charge in [0.1, 0.15) is 18.9 Å². The van der Waals surface area contributed by atoms with Gasteiger partial charge in [0, 0.05) is 11.6 Å². The number of para-hydroxylation sites is 1. The number of nitrogens with one attached hydrogen (secondary N) is 2. The summed E-state index contributed by atoms with van der Waals surface area (Å²) in [7, 11) is 0. The monoisotopic (exact) mass is 480 g/mol. The topological polar surface area (TPSA) is 91.0 Å². The Morgan fingerprint density at radius 3 is 2.74 bits per heavy atom. The molecule has 0 bridgehead atoms. The molecule has 0 saturated carbocycles. The van der Waals surface area contributed by atoms with Crippen LogP contribution in [0.2, 0.25) is 5.02 Å². The third kappa shape index (κ3) is 5.07. The number of halogens is 1. The van der Waals surface area contributed by atoms with E-state index in [9.17, 15) is 14.4 Å². The van der Waals surface area contributed by atoms with Gasteiger partial charge < -0.3 is 20.3 Å². The fourth-order valence-corrected chi connectivity index (χ4v) is 4.24. The summed E-state index contributed by atoms with van der Waals surface area (Å²) in [5, 5.41) is 6.16. The normalized spacial score (nSPS) is 17.4. The Hall–Kier alpha value is -3.78. The van der Waals surface area contributed by atoms with Crippen LogP contribution in [0.4, 0.5) is 4.79 Å². The third-order valence-corrected chi connectivity index (χ3v) is 5.80. The van der Waals surface area contributed by atoms with Gasteiger partial charge in [-0.1, -0.05) is 48.0 Å². The lowest BCUT2D eigenvalue weighted by Gasteiger charge is -2.33. The van der Waals surface area contributed by atoms with Gasteiger partial charge >= 0.3 is 6.03 Å². The van der Waals surface area contributed by atoms with Crippen molar-refractivity contribution in [3.63, 3.8) is 0 Å². The Kier molecular flexibility index (Phi) is 7.18. The molecule has 2 aromatic rings. The summed E-state index contributed by atoms with van der Waals surface area (Å²) in [4.78, 5) is 41.6. The van der Waals surface area contributed by atoms with Crippen LogP contribution in [0, 0.1) is 0 Å². The SMILES string of the molecule is C=CCN1C(=O)N[C@@H](c2cccc(Cl)c2)C2=C1CN(CC(=O)NCCOc1ccccc1)C2=O. The molecule has 8 nitrogen and oxygen atoms in total. The molecule has 2 aromatic carbocycles. The van der Waals surface area contributed by atoms with Gasteiger partial charge in [0.15, 0.2) is 0 Å². The standard InChI is InChI=1S/C25H25ClN4O4/c1-2-12-30-20-15-29(16-21(31)27-11-13-34-19-9-4-3-5-10-19)24(32)22(20)23(28-25(30)33)17-7-6-8-18(26)14-17/h2-10,14,23H,1,11-13,15-16H2,(H,27,31)(H,28,33)/t23-/m0/s1. The fraction of sp³-hybridized carbons (Fsp3) is 0.240. The van der Waals surface area contributed by atoms with E-state index >= 15 is 0 Å². The minimum absolute atomic E-state index is 0.129. The summed E-state index contributed by atoms with van der Waals surface area (Å²) in [5.74, 6) is 0.110. The number of nitrogens with zero attached hydrogens (tertiary/aromatic N) is 2. The lowest BCUT2D eigenvalue weighted by atomic mass is 9.95. The van der Waals surface area contributed by atoms with Crippen LogP contribution in [-0.4, -0.2) is 60.4 Å². The smallest absolute Gasteiger partial charge is 0.322 e. The molecule has 0 aliphatic carbocycles. The highest BCUT2D eigenvalue weighted by Crippen LogP contribution is 2.36. The first-order valence-electron chi connectivity index (χ1n) is 10.9. The molecule has 2 heterocycles. The minimum Gasteiger partial charge on any atom is -0.492 e. The molecule has 9 heteroatoms. The zero-order valence-electron chi connectivity index (χ0n) is 18.5. The Morgan fingerprint density at radius 1 is 1.21 bits per heavy atom. The molecular formula is C25H25ClN4O4. The van der Waals surface area contributed by atoms with Crippen molar-refractivity contribution in [3.8, 4) is 5.75 Å². The maximum atomic E-state index is 13.3. The average Bonchev–Trinajstić information content (AvgIpc) is 3.15. The summed E-state index contributed by atoms with van der Waals surface area (Å²) in [6.45, 7) is 4.59. The lowest BCUT2D eigenvalue weighted by Crippen LogP contribution is -2.47. The number of urea groups is 1. The van der Waals surface area contributed by atoms with E-state index in [0.717, 1.165) is 5.75 Å². The summed E-state index contributed by atoms with van der Waals surface area (Å²) in [6.07, 6.45) is 1.59. The van der Waals surface area contributed by atoms with Gasteiger partial charge in [-0.05, 0) is 29.8 Å². The summed E-state index contributed by atoms with van der Waals surface area (Å²) in [6, 6.07) is 15.3. The van der Waals surface area contributed by atoms with Crippen LogP contribution in [0.1, 0.15) is 11.6 Å². The van der Waals surface area contributed by atoms with Crippen LogP contribution >= 0.6 is 11.6 Å². The fourth-order valence-electron chi connectivity index (χ4n) is 4.04.